The molecule has 0 unspecified atom stereocenters. The van der Waals surface area contributed by atoms with Crippen molar-refractivity contribution < 1.29 is 14.3 Å². The molecule has 1 aliphatic rings. The van der Waals surface area contributed by atoms with E-state index in [2.05, 4.69) is 15.5 Å². The lowest BCUT2D eigenvalue weighted by atomic mass is 9.93. The first-order valence-corrected chi connectivity index (χ1v) is 7.97. The van der Waals surface area contributed by atoms with Gasteiger partial charge in [-0.3, -0.25) is 14.7 Å². The van der Waals surface area contributed by atoms with E-state index in [1.807, 2.05) is 20.8 Å². The Morgan fingerprint density at radius 1 is 1.39 bits per heavy atom. The molecule has 128 valence electrons. The van der Waals surface area contributed by atoms with E-state index < -0.39 is 5.41 Å². The maximum atomic E-state index is 12.5. The molecule has 23 heavy (non-hydrogen) atoms. The van der Waals surface area contributed by atoms with Gasteiger partial charge in [0.25, 0.3) is 5.91 Å². The smallest absolute Gasteiger partial charge is 0.272 e. The normalized spacial score (nSPS) is 14.5. The van der Waals surface area contributed by atoms with Crippen molar-refractivity contribution >= 4 is 11.8 Å². The van der Waals surface area contributed by atoms with Gasteiger partial charge in [0.15, 0.2) is 5.69 Å². The van der Waals surface area contributed by atoms with Crippen LogP contribution < -0.4 is 5.32 Å². The number of hydrogen-bond acceptors (Lipinski definition) is 4. The van der Waals surface area contributed by atoms with E-state index in [1.165, 1.54) is 0 Å². The maximum Gasteiger partial charge on any atom is 0.272 e. The number of H-pyrrole nitrogens is 1. The zero-order valence-electron chi connectivity index (χ0n) is 14.4. The molecule has 7 nitrogen and oxygen atoms in total. The van der Waals surface area contributed by atoms with Crippen LogP contribution >= 0.6 is 0 Å². The molecule has 0 aromatic carbocycles. The van der Waals surface area contributed by atoms with E-state index in [0.29, 0.717) is 38.4 Å². The van der Waals surface area contributed by atoms with Crippen LogP contribution in [0.1, 0.15) is 48.9 Å². The van der Waals surface area contributed by atoms with Crippen LogP contribution in [0.25, 0.3) is 0 Å². The number of methoxy groups -OCH3 is 1. The lowest BCUT2D eigenvalue weighted by Gasteiger charge is -2.32. The molecule has 0 atom stereocenters. The lowest BCUT2D eigenvalue weighted by Crippen LogP contribution is -2.42. The average molecular weight is 322 g/mol. The monoisotopic (exact) mass is 322 g/mol. The molecule has 2 rings (SSSR count). The summed E-state index contributed by atoms with van der Waals surface area (Å²) in [6, 6.07) is 0. The molecule has 0 saturated carbocycles. The second kappa shape index (κ2) is 7.12. The molecule has 2 N–H and O–H groups in total. The van der Waals surface area contributed by atoms with Crippen LogP contribution in [0.4, 0.5) is 0 Å². The molecule has 0 radical (unpaired) electrons. The number of ether oxygens (including phenoxy) is 1. The van der Waals surface area contributed by atoms with Crippen LogP contribution in [0.15, 0.2) is 0 Å². The average Bonchev–Trinajstić information content (AvgIpc) is 2.92. The third-order valence-electron chi connectivity index (χ3n) is 3.89. The molecular weight excluding hydrogens is 296 g/mol. The van der Waals surface area contributed by atoms with Crippen LogP contribution in [0.5, 0.6) is 0 Å². The Hall–Kier alpha value is -1.89. The van der Waals surface area contributed by atoms with Gasteiger partial charge >= 0.3 is 0 Å². The minimum Gasteiger partial charge on any atom is -0.385 e. The molecule has 2 amide bonds. The highest BCUT2D eigenvalue weighted by Gasteiger charge is 2.32. The fourth-order valence-corrected chi connectivity index (χ4v) is 2.63. The molecule has 1 aliphatic heterocycles. The van der Waals surface area contributed by atoms with Crippen molar-refractivity contribution in [2.24, 2.45) is 5.41 Å². The summed E-state index contributed by atoms with van der Waals surface area (Å²) in [6.07, 6.45) is 1.45. The van der Waals surface area contributed by atoms with Crippen molar-refractivity contribution in [3.05, 3.63) is 17.0 Å². The van der Waals surface area contributed by atoms with Crippen molar-refractivity contribution in [3.63, 3.8) is 0 Å². The number of rotatable bonds is 5. The van der Waals surface area contributed by atoms with Gasteiger partial charge in [-0.05, 0) is 6.42 Å². The fourth-order valence-electron chi connectivity index (χ4n) is 2.63. The number of nitrogens with zero attached hydrogens (tertiary/aromatic N) is 2. The molecular formula is C16H26N4O3. The molecule has 1 aromatic heterocycles. The Morgan fingerprint density at radius 2 is 2.13 bits per heavy atom. The highest BCUT2D eigenvalue weighted by Crippen LogP contribution is 2.25. The van der Waals surface area contributed by atoms with E-state index in [1.54, 1.807) is 12.0 Å². The minimum atomic E-state index is -0.427. The summed E-state index contributed by atoms with van der Waals surface area (Å²) < 4.78 is 4.96. The number of nitrogens with one attached hydrogen (secondary N) is 2. The first kappa shape index (κ1) is 17.5. The number of carbonyl (C=O) groups excluding carboxylic acids is 2. The molecule has 0 bridgehead atoms. The number of hydrogen-bond donors (Lipinski definition) is 2. The Morgan fingerprint density at radius 3 is 2.78 bits per heavy atom. The quantitative estimate of drug-likeness (QED) is 0.795. The fraction of sp³-hybridized carbons (Fsp3) is 0.688. The van der Waals surface area contributed by atoms with E-state index >= 15 is 0 Å². The highest BCUT2D eigenvalue weighted by molar-refractivity contribution is 5.94. The molecule has 1 aromatic rings. The summed E-state index contributed by atoms with van der Waals surface area (Å²) in [7, 11) is 1.63. The third kappa shape index (κ3) is 4.10. The molecule has 2 heterocycles. The van der Waals surface area contributed by atoms with Crippen LogP contribution in [-0.2, 0) is 22.5 Å². The van der Waals surface area contributed by atoms with Gasteiger partial charge in [-0.25, -0.2) is 0 Å². The van der Waals surface area contributed by atoms with Gasteiger partial charge in [-0.1, -0.05) is 20.8 Å². The lowest BCUT2D eigenvalue weighted by molar-refractivity contribution is -0.140. The molecule has 0 spiro atoms. The topological polar surface area (TPSA) is 87.3 Å². The minimum absolute atomic E-state index is 0.0933. The summed E-state index contributed by atoms with van der Waals surface area (Å²) in [6.45, 7) is 7.95. The molecule has 0 saturated heterocycles. The van der Waals surface area contributed by atoms with E-state index in [4.69, 9.17) is 4.74 Å². The van der Waals surface area contributed by atoms with Crippen LogP contribution in [0, 0.1) is 5.41 Å². The highest BCUT2D eigenvalue weighted by atomic mass is 16.5. The Labute approximate surface area is 136 Å². The third-order valence-corrected chi connectivity index (χ3v) is 3.89. The van der Waals surface area contributed by atoms with Gasteiger partial charge in [-0.2, -0.15) is 5.10 Å². The maximum absolute atomic E-state index is 12.5. The first-order valence-electron chi connectivity index (χ1n) is 7.97. The van der Waals surface area contributed by atoms with E-state index in [9.17, 15) is 9.59 Å². The summed E-state index contributed by atoms with van der Waals surface area (Å²) in [5, 5.41) is 9.92. The predicted molar refractivity (Wildman–Crippen MR) is 86.0 cm³/mol. The molecule has 0 aliphatic carbocycles. The van der Waals surface area contributed by atoms with E-state index in [0.717, 1.165) is 17.7 Å². The number of aromatic nitrogens is 2. The van der Waals surface area contributed by atoms with Crippen LogP contribution in [0.2, 0.25) is 0 Å². The predicted octanol–water partition coefficient (Wildman–Crippen LogP) is 1.11. The van der Waals surface area contributed by atoms with Crippen LogP contribution in [-0.4, -0.2) is 53.7 Å². The zero-order chi connectivity index (χ0) is 17.0. The van der Waals surface area contributed by atoms with Gasteiger partial charge in [0.05, 0.1) is 0 Å². The number of amides is 2. The van der Waals surface area contributed by atoms with Gasteiger partial charge < -0.3 is 15.0 Å². The van der Waals surface area contributed by atoms with Gasteiger partial charge in [-0.15, -0.1) is 0 Å². The van der Waals surface area contributed by atoms with Gasteiger partial charge in [0, 0.05) is 56.4 Å². The Kier molecular flexibility index (Phi) is 5.41. The largest absolute Gasteiger partial charge is 0.385 e. The number of carbonyl (C=O) groups is 2. The van der Waals surface area contributed by atoms with Crippen molar-refractivity contribution in [1.82, 2.24) is 20.4 Å². The summed E-state index contributed by atoms with van der Waals surface area (Å²) in [5.41, 5.74) is 1.75. The number of fused-ring (bicyclic) bond motifs is 1. The van der Waals surface area contributed by atoms with Crippen molar-refractivity contribution in [2.75, 3.05) is 26.8 Å². The second-order valence-corrected chi connectivity index (χ2v) is 6.86. The first-order chi connectivity index (χ1) is 10.8. The summed E-state index contributed by atoms with van der Waals surface area (Å²) in [4.78, 5) is 26.5. The van der Waals surface area contributed by atoms with Crippen molar-refractivity contribution in [3.8, 4) is 0 Å². The van der Waals surface area contributed by atoms with Gasteiger partial charge in [0.2, 0.25) is 5.91 Å². The Balaban J connectivity index is 2.06. The van der Waals surface area contributed by atoms with E-state index in [-0.39, 0.29) is 11.8 Å². The second-order valence-electron chi connectivity index (χ2n) is 6.86. The summed E-state index contributed by atoms with van der Waals surface area (Å²) in [5.74, 6) is -0.112. The zero-order valence-corrected chi connectivity index (χ0v) is 14.4. The number of aromatic amines is 1. The Bertz CT molecular complexity index is 574. The molecule has 7 heteroatoms. The summed E-state index contributed by atoms with van der Waals surface area (Å²) >= 11 is 0. The molecule has 0 fully saturated rings. The SMILES string of the molecule is COCCCNC(=O)c1n[nH]c2c1CN(C(=O)C(C)(C)C)CC2. The standard InChI is InChI=1S/C16H26N4O3/c1-16(2,3)15(22)20-8-6-12-11(10-20)13(19-18-12)14(21)17-7-5-9-23-4/h5-10H2,1-4H3,(H,17,21)(H,18,19). The van der Waals surface area contributed by atoms with Gasteiger partial charge in [0.1, 0.15) is 0 Å². The van der Waals surface area contributed by atoms with Crippen LogP contribution in [0.3, 0.4) is 0 Å². The van der Waals surface area contributed by atoms with Crippen molar-refractivity contribution in [2.45, 2.75) is 40.2 Å². The van der Waals surface area contributed by atoms with Crippen molar-refractivity contribution in [1.29, 1.82) is 0 Å².